The minimum absolute atomic E-state index is 0.203. The first kappa shape index (κ1) is 26.1. The van der Waals surface area contributed by atoms with Gasteiger partial charge >= 0.3 is 0 Å². The lowest BCUT2D eigenvalue weighted by molar-refractivity contribution is -0.123. The van der Waals surface area contributed by atoms with Crippen LogP contribution in [0.25, 0.3) is 6.08 Å². The lowest BCUT2D eigenvalue weighted by atomic mass is 10.1. The molecule has 180 valence electrons. The molecule has 35 heavy (non-hydrogen) atoms. The molecule has 0 aromatic heterocycles. The zero-order valence-corrected chi connectivity index (χ0v) is 23.7. The Hall–Kier alpha value is -1.97. The van der Waals surface area contributed by atoms with E-state index in [1.807, 2.05) is 24.3 Å². The van der Waals surface area contributed by atoms with Gasteiger partial charge in [0.15, 0.2) is 11.5 Å². The van der Waals surface area contributed by atoms with E-state index >= 15 is 0 Å². The maximum atomic E-state index is 12.9. The number of carbonyl (C=O) groups excluding carboxylic acids is 2. The monoisotopic (exact) mass is 655 g/mol. The van der Waals surface area contributed by atoms with E-state index in [9.17, 15) is 9.59 Å². The van der Waals surface area contributed by atoms with Crippen molar-refractivity contribution in [2.24, 2.45) is 0 Å². The molecule has 10 heteroatoms. The van der Waals surface area contributed by atoms with Crippen molar-refractivity contribution in [3.63, 3.8) is 0 Å². The van der Waals surface area contributed by atoms with E-state index in [1.165, 1.54) is 12.0 Å². The van der Waals surface area contributed by atoms with Gasteiger partial charge in [-0.25, -0.2) is 0 Å². The molecule has 1 saturated heterocycles. The van der Waals surface area contributed by atoms with Crippen molar-refractivity contribution < 1.29 is 19.1 Å². The summed E-state index contributed by atoms with van der Waals surface area (Å²) >= 11 is 20.0. The Labute approximate surface area is 233 Å². The molecule has 3 aromatic rings. The molecule has 2 amide bonds. The number of hydrogen-bond acceptors (Lipinski definition) is 5. The van der Waals surface area contributed by atoms with Crippen LogP contribution in [-0.2, 0) is 17.9 Å². The van der Waals surface area contributed by atoms with Gasteiger partial charge in [0.25, 0.3) is 11.1 Å². The summed E-state index contributed by atoms with van der Waals surface area (Å²) in [5, 5.41) is 0.734. The molecule has 0 aliphatic carbocycles. The number of rotatable bonds is 7. The van der Waals surface area contributed by atoms with E-state index in [2.05, 4.69) is 31.9 Å². The predicted octanol–water partition coefficient (Wildman–Crippen LogP) is 8.34. The van der Waals surface area contributed by atoms with Crippen LogP contribution in [0.1, 0.15) is 16.7 Å². The molecule has 1 fully saturated rings. The SMILES string of the molecule is COc1cc(/C=C2/SC(=O)N(Cc3cccc(Br)c3)C2=O)cc(Br)c1OCc1ccc(Cl)cc1Cl. The van der Waals surface area contributed by atoms with Crippen LogP contribution >= 0.6 is 66.8 Å². The van der Waals surface area contributed by atoms with Gasteiger partial charge in [0.1, 0.15) is 6.61 Å². The molecular weight excluding hydrogens is 641 g/mol. The third-order valence-electron chi connectivity index (χ3n) is 5.04. The summed E-state index contributed by atoms with van der Waals surface area (Å²) < 4.78 is 13.0. The van der Waals surface area contributed by atoms with Gasteiger partial charge in [-0.05, 0) is 81.3 Å². The van der Waals surface area contributed by atoms with E-state index < -0.39 is 0 Å². The van der Waals surface area contributed by atoms with Crippen LogP contribution in [-0.4, -0.2) is 23.2 Å². The second kappa shape index (κ2) is 11.4. The van der Waals surface area contributed by atoms with Crippen LogP contribution in [0, 0.1) is 0 Å². The maximum absolute atomic E-state index is 12.9. The standard InChI is InChI=1S/C25H17Br2Cl2NO4S/c1-33-21-9-15(8-19(27)23(21)34-13-16-5-6-18(28)11-20(16)29)10-22-24(31)30(25(32)35-22)12-14-3-2-4-17(26)7-14/h2-11H,12-13H2,1H3/b22-10+. The van der Waals surface area contributed by atoms with E-state index in [0.29, 0.717) is 36.5 Å². The highest BCUT2D eigenvalue weighted by molar-refractivity contribution is 9.10. The van der Waals surface area contributed by atoms with E-state index in [-0.39, 0.29) is 24.3 Å². The zero-order valence-electron chi connectivity index (χ0n) is 18.2. The normalized spacial score (nSPS) is 14.7. The van der Waals surface area contributed by atoms with Gasteiger partial charge in [0.05, 0.1) is 23.0 Å². The first-order valence-electron chi connectivity index (χ1n) is 10.2. The lowest BCUT2D eigenvalue weighted by Gasteiger charge is -2.14. The second-order valence-corrected chi connectivity index (χ2v) is 11.1. The lowest BCUT2D eigenvalue weighted by Crippen LogP contribution is -2.27. The number of imide groups is 1. The summed E-state index contributed by atoms with van der Waals surface area (Å²) in [5.41, 5.74) is 2.31. The molecule has 0 spiro atoms. The van der Waals surface area contributed by atoms with Crippen molar-refractivity contribution in [3.8, 4) is 11.5 Å². The van der Waals surface area contributed by atoms with Crippen LogP contribution in [0.4, 0.5) is 4.79 Å². The van der Waals surface area contributed by atoms with Crippen molar-refractivity contribution in [3.05, 3.63) is 95.2 Å². The third kappa shape index (κ3) is 6.24. The fourth-order valence-corrected chi connectivity index (χ4v) is 5.68. The molecule has 1 aliphatic rings. The largest absolute Gasteiger partial charge is 0.493 e. The molecule has 0 bridgehead atoms. The average molecular weight is 658 g/mol. The first-order valence-corrected chi connectivity index (χ1v) is 13.3. The molecule has 3 aromatic carbocycles. The molecule has 0 N–H and O–H groups in total. The fourth-order valence-electron chi connectivity index (χ4n) is 3.36. The van der Waals surface area contributed by atoms with Crippen molar-refractivity contribution in [2.75, 3.05) is 7.11 Å². The van der Waals surface area contributed by atoms with E-state index in [4.69, 9.17) is 32.7 Å². The minimum Gasteiger partial charge on any atom is -0.493 e. The second-order valence-electron chi connectivity index (χ2n) is 7.46. The quantitative estimate of drug-likeness (QED) is 0.239. The van der Waals surface area contributed by atoms with Crippen LogP contribution in [0.5, 0.6) is 11.5 Å². The molecule has 0 radical (unpaired) electrons. The summed E-state index contributed by atoms with van der Waals surface area (Å²) in [6, 6.07) is 16.2. The Morgan fingerprint density at radius 3 is 2.57 bits per heavy atom. The number of halogens is 4. The highest BCUT2D eigenvalue weighted by atomic mass is 79.9. The van der Waals surface area contributed by atoms with Crippen molar-refractivity contribution in [2.45, 2.75) is 13.2 Å². The van der Waals surface area contributed by atoms with Gasteiger partial charge in [-0.3, -0.25) is 14.5 Å². The Bertz CT molecular complexity index is 1350. The minimum atomic E-state index is -0.340. The van der Waals surface area contributed by atoms with Crippen LogP contribution in [0.3, 0.4) is 0 Å². The van der Waals surface area contributed by atoms with Gasteiger partial charge in [-0.1, -0.05) is 57.3 Å². The van der Waals surface area contributed by atoms with Gasteiger partial charge in [0.2, 0.25) is 0 Å². The highest BCUT2D eigenvalue weighted by Gasteiger charge is 2.35. The summed E-state index contributed by atoms with van der Waals surface area (Å²) in [4.78, 5) is 27.0. The molecule has 4 rings (SSSR count). The van der Waals surface area contributed by atoms with Gasteiger partial charge in [-0.2, -0.15) is 0 Å². The number of thioether (sulfide) groups is 1. The fraction of sp³-hybridized carbons (Fsp3) is 0.120. The number of ether oxygens (including phenoxy) is 2. The highest BCUT2D eigenvalue weighted by Crippen LogP contribution is 2.40. The maximum Gasteiger partial charge on any atom is 0.293 e. The third-order valence-corrected chi connectivity index (χ3v) is 7.62. The molecule has 0 unspecified atom stereocenters. The number of hydrogen-bond donors (Lipinski definition) is 0. The zero-order chi connectivity index (χ0) is 25.1. The Balaban J connectivity index is 1.54. The number of methoxy groups -OCH3 is 1. The van der Waals surface area contributed by atoms with Gasteiger partial charge in [-0.15, -0.1) is 0 Å². The van der Waals surface area contributed by atoms with Gasteiger partial charge < -0.3 is 9.47 Å². The molecular formula is C25H17Br2Cl2NO4S. The van der Waals surface area contributed by atoms with Gasteiger partial charge in [0, 0.05) is 20.1 Å². The van der Waals surface area contributed by atoms with E-state index in [0.717, 1.165) is 27.4 Å². The van der Waals surface area contributed by atoms with Crippen molar-refractivity contribution >= 4 is 84.0 Å². The molecule has 1 heterocycles. The Morgan fingerprint density at radius 2 is 1.86 bits per heavy atom. The summed E-state index contributed by atoms with van der Waals surface area (Å²) in [6.45, 7) is 0.410. The van der Waals surface area contributed by atoms with Crippen molar-refractivity contribution in [1.29, 1.82) is 0 Å². The smallest absolute Gasteiger partial charge is 0.293 e. The summed E-state index contributed by atoms with van der Waals surface area (Å²) in [7, 11) is 1.53. The average Bonchev–Trinajstić information content (AvgIpc) is 3.06. The molecule has 0 atom stereocenters. The van der Waals surface area contributed by atoms with E-state index in [1.54, 1.807) is 36.4 Å². The summed E-state index contributed by atoms with van der Waals surface area (Å²) in [6.07, 6.45) is 1.67. The molecule has 0 saturated carbocycles. The molecule has 1 aliphatic heterocycles. The number of benzene rings is 3. The summed E-state index contributed by atoms with van der Waals surface area (Å²) in [5.74, 6) is 0.607. The van der Waals surface area contributed by atoms with Crippen LogP contribution in [0.15, 0.2) is 68.4 Å². The number of amides is 2. The first-order chi connectivity index (χ1) is 16.7. The predicted molar refractivity (Wildman–Crippen MR) is 147 cm³/mol. The molecule has 5 nitrogen and oxygen atoms in total. The van der Waals surface area contributed by atoms with Crippen LogP contribution < -0.4 is 9.47 Å². The topological polar surface area (TPSA) is 55.8 Å². The number of carbonyl (C=O) groups is 2. The van der Waals surface area contributed by atoms with Crippen molar-refractivity contribution in [1.82, 2.24) is 4.90 Å². The number of nitrogens with zero attached hydrogens (tertiary/aromatic N) is 1. The van der Waals surface area contributed by atoms with Crippen LogP contribution in [0.2, 0.25) is 10.0 Å². The Morgan fingerprint density at radius 1 is 1.06 bits per heavy atom. The Kier molecular flexibility index (Phi) is 8.50.